The number of likely N-dealkylation sites (tertiary alicyclic amines) is 1. The standard InChI is InChI=1S/C30H44N2O2/c1-21-4-6-27(7-5-21)29-13-25-12-26(14-29)16-30(15-25,20-29)28(33)32-10-8-24(9-11-32)19-31-17-22(2)34-23(3)18-31/h4-7,22-26H,8-20H2,1-3H3. The van der Waals surface area contributed by atoms with Crippen LogP contribution in [0.1, 0.15) is 76.3 Å². The van der Waals surface area contributed by atoms with Gasteiger partial charge in [0.1, 0.15) is 0 Å². The number of rotatable bonds is 4. The first kappa shape index (κ1) is 23.0. The van der Waals surface area contributed by atoms with Gasteiger partial charge in [-0.2, -0.15) is 0 Å². The van der Waals surface area contributed by atoms with Gasteiger partial charge >= 0.3 is 0 Å². The van der Waals surface area contributed by atoms with Crippen LogP contribution in [-0.2, 0) is 14.9 Å². The second-order valence-corrected chi connectivity index (χ2v) is 13.1. The normalized spacial score (nSPS) is 40.6. The number of hydrogen-bond acceptors (Lipinski definition) is 3. The lowest BCUT2D eigenvalue weighted by molar-refractivity contribution is -0.162. The molecule has 6 fully saturated rings. The van der Waals surface area contributed by atoms with Gasteiger partial charge in [0, 0.05) is 32.7 Å². The van der Waals surface area contributed by atoms with Gasteiger partial charge in [0.05, 0.1) is 17.6 Å². The van der Waals surface area contributed by atoms with Crippen molar-refractivity contribution in [3.63, 3.8) is 0 Å². The third-order valence-electron chi connectivity index (χ3n) is 10.1. The number of nitrogens with zero attached hydrogens (tertiary/aromatic N) is 2. The molecular weight excluding hydrogens is 420 g/mol. The van der Waals surface area contributed by atoms with Crippen molar-refractivity contribution in [2.45, 2.75) is 89.8 Å². The molecule has 1 amide bonds. The average Bonchev–Trinajstić information content (AvgIpc) is 2.78. The molecule has 2 aliphatic heterocycles. The first-order valence-electron chi connectivity index (χ1n) is 14.1. The van der Waals surface area contributed by atoms with E-state index in [4.69, 9.17) is 4.74 Å². The van der Waals surface area contributed by atoms with E-state index in [1.54, 1.807) is 0 Å². The molecule has 0 N–H and O–H groups in total. The Morgan fingerprint density at radius 2 is 1.59 bits per heavy atom. The third kappa shape index (κ3) is 4.13. The molecule has 2 heterocycles. The van der Waals surface area contributed by atoms with E-state index in [0.29, 0.717) is 18.1 Å². The van der Waals surface area contributed by atoms with Gasteiger partial charge in [-0.3, -0.25) is 9.69 Å². The molecule has 0 radical (unpaired) electrons. The third-order valence-corrected chi connectivity index (χ3v) is 10.1. The fraction of sp³-hybridized carbons (Fsp3) is 0.767. The molecule has 34 heavy (non-hydrogen) atoms. The van der Waals surface area contributed by atoms with Crippen LogP contribution in [0, 0.1) is 30.1 Å². The fourth-order valence-corrected chi connectivity index (χ4v) is 9.21. The molecule has 186 valence electrons. The summed E-state index contributed by atoms with van der Waals surface area (Å²) >= 11 is 0. The summed E-state index contributed by atoms with van der Waals surface area (Å²) in [4.78, 5) is 19.1. The zero-order valence-electron chi connectivity index (χ0n) is 21.6. The van der Waals surface area contributed by atoms with E-state index in [1.165, 1.54) is 36.9 Å². The maximum atomic E-state index is 14.2. The summed E-state index contributed by atoms with van der Waals surface area (Å²) in [7, 11) is 0. The first-order valence-corrected chi connectivity index (χ1v) is 14.1. The minimum absolute atomic E-state index is 0.0864. The second kappa shape index (κ2) is 8.62. The molecule has 6 aliphatic rings. The molecule has 4 saturated carbocycles. The number of amides is 1. The van der Waals surface area contributed by atoms with E-state index < -0.39 is 0 Å². The summed E-state index contributed by atoms with van der Waals surface area (Å²) in [5.74, 6) is 2.73. The Hall–Kier alpha value is -1.39. The van der Waals surface area contributed by atoms with Crippen LogP contribution in [0.5, 0.6) is 0 Å². The maximum Gasteiger partial charge on any atom is 0.228 e. The molecule has 4 atom stereocenters. The van der Waals surface area contributed by atoms with E-state index in [0.717, 1.165) is 76.0 Å². The molecule has 1 aromatic carbocycles. The van der Waals surface area contributed by atoms with Crippen molar-refractivity contribution in [1.82, 2.24) is 9.80 Å². The van der Waals surface area contributed by atoms with Crippen molar-refractivity contribution in [3.8, 4) is 0 Å². The van der Waals surface area contributed by atoms with E-state index in [1.807, 2.05) is 0 Å². The fourth-order valence-electron chi connectivity index (χ4n) is 9.21. The van der Waals surface area contributed by atoms with Crippen LogP contribution in [0.4, 0.5) is 0 Å². The molecule has 4 bridgehead atoms. The lowest BCUT2D eigenvalue weighted by atomic mass is 9.42. The van der Waals surface area contributed by atoms with Gasteiger partial charge in [-0.15, -0.1) is 0 Å². The molecule has 2 saturated heterocycles. The van der Waals surface area contributed by atoms with Crippen LogP contribution in [0.3, 0.4) is 0 Å². The first-order chi connectivity index (χ1) is 16.3. The van der Waals surface area contributed by atoms with Gasteiger partial charge in [0.2, 0.25) is 5.91 Å². The largest absolute Gasteiger partial charge is 0.373 e. The zero-order valence-corrected chi connectivity index (χ0v) is 21.6. The number of hydrogen-bond donors (Lipinski definition) is 0. The Morgan fingerprint density at radius 3 is 2.21 bits per heavy atom. The molecule has 4 aliphatic carbocycles. The van der Waals surface area contributed by atoms with Gasteiger partial charge in [-0.25, -0.2) is 0 Å². The Balaban J connectivity index is 1.13. The summed E-state index contributed by atoms with van der Waals surface area (Å²) in [5.41, 5.74) is 3.01. The summed E-state index contributed by atoms with van der Waals surface area (Å²) in [6, 6.07) is 9.31. The van der Waals surface area contributed by atoms with Crippen molar-refractivity contribution in [2.75, 3.05) is 32.7 Å². The van der Waals surface area contributed by atoms with E-state index in [9.17, 15) is 4.79 Å². The Morgan fingerprint density at radius 1 is 0.971 bits per heavy atom. The highest BCUT2D eigenvalue weighted by Gasteiger charge is 2.61. The molecular formula is C30H44N2O2. The summed E-state index contributed by atoms with van der Waals surface area (Å²) in [6.45, 7) is 11.8. The summed E-state index contributed by atoms with van der Waals surface area (Å²) in [5, 5.41) is 0. The predicted molar refractivity (Wildman–Crippen MR) is 136 cm³/mol. The van der Waals surface area contributed by atoms with Crippen molar-refractivity contribution in [3.05, 3.63) is 35.4 Å². The van der Waals surface area contributed by atoms with Gasteiger partial charge in [-0.1, -0.05) is 29.8 Å². The Labute approximate surface area is 206 Å². The molecule has 4 heteroatoms. The van der Waals surface area contributed by atoms with Crippen molar-refractivity contribution in [2.24, 2.45) is 23.2 Å². The van der Waals surface area contributed by atoms with Gasteiger partial charge < -0.3 is 9.64 Å². The van der Waals surface area contributed by atoms with Crippen LogP contribution in [0.25, 0.3) is 0 Å². The number of carbonyl (C=O) groups excluding carboxylic acids is 1. The number of aryl methyl sites for hydroxylation is 1. The Kier molecular flexibility index (Phi) is 5.84. The molecule has 7 rings (SSSR count). The van der Waals surface area contributed by atoms with Crippen molar-refractivity contribution in [1.29, 1.82) is 0 Å². The highest BCUT2D eigenvalue weighted by Crippen LogP contribution is 2.66. The van der Waals surface area contributed by atoms with E-state index in [-0.39, 0.29) is 10.8 Å². The van der Waals surface area contributed by atoms with Crippen LogP contribution < -0.4 is 0 Å². The minimum atomic E-state index is -0.0864. The lowest BCUT2D eigenvalue weighted by Crippen LogP contribution is -2.60. The minimum Gasteiger partial charge on any atom is -0.373 e. The van der Waals surface area contributed by atoms with Crippen molar-refractivity contribution < 1.29 is 9.53 Å². The number of ether oxygens (including phenoxy) is 1. The van der Waals surface area contributed by atoms with Crippen LogP contribution in [-0.4, -0.2) is 60.6 Å². The molecule has 0 spiro atoms. The molecule has 0 aromatic heterocycles. The number of piperidine rings is 1. The maximum absolute atomic E-state index is 14.2. The lowest BCUT2D eigenvalue weighted by Gasteiger charge is -2.62. The zero-order chi connectivity index (χ0) is 23.5. The SMILES string of the molecule is Cc1ccc(C23CC4CC(CC(C(=O)N5CCC(CN6CC(C)OC(C)C6)CC5)(C4)C2)C3)cc1. The summed E-state index contributed by atoms with van der Waals surface area (Å²) in [6.07, 6.45) is 10.4. The number of morpholine rings is 1. The molecule has 1 aromatic rings. The highest BCUT2D eigenvalue weighted by atomic mass is 16.5. The predicted octanol–water partition coefficient (Wildman–Crippen LogP) is 5.18. The van der Waals surface area contributed by atoms with Crippen molar-refractivity contribution >= 4 is 5.91 Å². The average molecular weight is 465 g/mol. The Bertz CT molecular complexity index is 879. The summed E-state index contributed by atoms with van der Waals surface area (Å²) < 4.78 is 5.92. The van der Waals surface area contributed by atoms with Gasteiger partial charge in [0.25, 0.3) is 0 Å². The molecule has 4 unspecified atom stereocenters. The van der Waals surface area contributed by atoms with Gasteiger partial charge in [-0.05, 0) is 101 Å². The van der Waals surface area contributed by atoms with Gasteiger partial charge in [0.15, 0.2) is 0 Å². The van der Waals surface area contributed by atoms with E-state index >= 15 is 0 Å². The highest BCUT2D eigenvalue weighted by molar-refractivity contribution is 5.83. The monoisotopic (exact) mass is 464 g/mol. The van der Waals surface area contributed by atoms with E-state index in [2.05, 4.69) is 54.8 Å². The number of benzene rings is 1. The quantitative estimate of drug-likeness (QED) is 0.615. The molecule has 4 nitrogen and oxygen atoms in total. The smallest absolute Gasteiger partial charge is 0.228 e. The van der Waals surface area contributed by atoms with Crippen LogP contribution >= 0.6 is 0 Å². The van der Waals surface area contributed by atoms with Crippen LogP contribution in [0.15, 0.2) is 24.3 Å². The number of carbonyl (C=O) groups is 1. The topological polar surface area (TPSA) is 32.8 Å². The van der Waals surface area contributed by atoms with Crippen LogP contribution in [0.2, 0.25) is 0 Å². The second-order valence-electron chi connectivity index (χ2n) is 13.1.